The third-order valence-electron chi connectivity index (χ3n) is 4.44. The van der Waals surface area contributed by atoms with Crippen LogP contribution in [-0.4, -0.2) is 20.6 Å². The zero-order valence-electron chi connectivity index (χ0n) is 14.7. The van der Waals surface area contributed by atoms with Crippen LogP contribution in [0.5, 0.6) is 0 Å². The van der Waals surface area contributed by atoms with Crippen molar-refractivity contribution in [1.29, 1.82) is 0 Å². The minimum absolute atomic E-state index is 0.282. The number of hydrogen-bond acceptors (Lipinski definition) is 4. The molecule has 0 radical (unpaired) electrons. The number of fused-ring (bicyclic) bond motifs is 1. The van der Waals surface area contributed by atoms with Crippen LogP contribution in [0.3, 0.4) is 0 Å². The summed E-state index contributed by atoms with van der Waals surface area (Å²) in [5.74, 6) is -0.948. The van der Waals surface area contributed by atoms with Gasteiger partial charge in [-0.25, -0.2) is 14.2 Å². The first-order valence-corrected chi connectivity index (χ1v) is 9.23. The first-order chi connectivity index (χ1) is 12.4. The smallest absolute Gasteiger partial charge is 0.326 e. The summed E-state index contributed by atoms with van der Waals surface area (Å²) in [5, 5.41) is 9.94. The number of carboxylic acid groups (broad SMARTS) is 1. The molecule has 3 aromatic rings. The second-order valence-corrected chi connectivity index (χ2v) is 7.24. The summed E-state index contributed by atoms with van der Waals surface area (Å²) in [5.41, 5.74) is 1.05. The van der Waals surface area contributed by atoms with E-state index in [4.69, 9.17) is 0 Å². The Hall–Kier alpha value is -2.54. The topological polar surface area (TPSA) is 72.2 Å². The maximum Gasteiger partial charge on any atom is 0.326 e. The van der Waals surface area contributed by atoms with Crippen LogP contribution in [0.15, 0.2) is 29.1 Å². The minimum atomic E-state index is -1.05. The highest BCUT2D eigenvalue weighted by Crippen LogP contribution is 2.36. The molecular formula is C19H19FN2O3S. The van der Waals surface area contributed by atoms with E-state index >= 15 is 0 Å². The highest BCUT2D eigenvalue weighted by atomic mass is 32.1. The number of carboxylic acids is 1. The monoisotopic (exact) mass is 374 g/mol. The molecule has 0 saturated carbocycles. The maximum atomic E-state index is 13.3. The number of aromatic nitrogens is 2. The Balaban J connectivity index is 2.39. The van der Waals surface area contributed by atoms with Gasteiger partial charge in [0.25, 0.3) is 5.56 Å². The second-order valence-electron chi connectivity index (χ2n) is 6.04. The lowest BCUT2D eigenvalue weighted by Crippen LogP contribution is -2.33. The van der Waals surface area contributed by atoms with Gasteiger partial charge in [0.2, 0.25) is 0 Å². The molecule has 2 aromatic heterocycles. The molecule has 0 amide bonds. The number of halogens is 1. The van der Waals surface area contributed by atoms with Crippen molar-refractivity contribution in [3.63, 3.8) is 0 Å². The molecule has 136 valence electrons. The van der Waals surface area contributed by atoms with Crippen molar-refractivity contribution in [3.8, 4) is 11.1 Å². The number of rotatable bonds is 5. The van der Waals surface area contributed by atoms with Crippen LogP contribution in [0.2, 0.25) is 0 Å². The quantitative estimate of drug-likeness (QED) is 0.727. The lowest BCUT2D eigenvalue weighted by atomic mass is 10.0. The number of hydrogen-bond donors (Lipinski definition) is 1. The molecule has 7 heteroatoms. The second kappa shape index (κ2) is 6.99. The summed E-state index contributed by atoms with van der Waals surface area (Å²) in [7, 11) is 0. The lowest BCUT2D eigenvalue weighted by Gasteiger charge is -2.17. The van der Waals surface area contributed by atoms with Crippen LogP contribution in [-0.2, 0) is 11.2 Å². The number of aliphatic carboxylic acids is 1. The van der Waals surface area contributed by atoms with Gasteiger partial charge in [0.15, 0.2) is 0 Å². The Kier molecular flexibility index (Phi) is 4.91. The van der Waals surface area contributed by atoms with Gasteiger partial charge in [0, 0.05) is 16.9 Å². The van der Waals surface area contributed by atoms with Gasteiger partial charge in [0.05, 0.1) is 5.39 Å². The fourth-order valence-corrected chi connectivity index (χ4v) is 4.27. The van der Waals surface area contributed by atoms with Crippen molar-refractivity contribution in [3.05, 3.63) is 51.1 Å². The van der Waals surface area contributed by atoms with E-state index in [2.05, 4.69) is 4.98 Å². The SMILES string of the molecule is CCc1nc2sc(C)c(-c3ccc(F)cc3)c2c(=O)n1C(CC)C(=O)O. The van der Waals surface area contributed by atoms with Gasteiger partial charge in [-0.05, 0) is 31.0 Å². The molecule has 0 spiro atoms. The van der Waals surface area contributed by atoms with Crippen LogP contribution in [0.25, 0.3) is 21.3 Å². The first-order valence-electron chi connectivity index (χ1n) is 8.42. The van der Waals surface area contributed by atoms with Crippen LogP contribution in [0.4, 0.5) is 4.39 Å². The van der Waals surface area contributed by atoms with Gasteiger partial charge in [-0.1, -0.05) is 26.0 Å². The van der Waals surface area contributed by atoms with E-state index < -0.39 is 12.0 Å². The van der Waals surface area contributed by atoms with Gasteiger partial charge < -0.3 is 5.11 Å². The molecule has 0 aliphatic rings. The van der Waals surface area contributed by atoms with Crippen LogP contribution < -0.4 is 5.56 Å². The van der Waals surface area contributed by atoms with Crippen molar-refractivity contribution in [1.82, 2.24) is 9.55 Å². The summed E-state index contributed by atoms with van der Waals surface area (Å²) in [6, 6.07) is 4.97. The Morgan fingerprint density at radius 2 is 1.96 bits per heavy atom. The molecule has 5 nitrogen and oxygen atoms in total. The van der Waals surface area contributed by atoms with Gasteiger partial charge in [-0.15, -0.1) is 11.3 Å². The fourth-order valence-electron chi connectivity index (χ4n) is 3.22. The molecule has 26 heavy (non-hydrogen) atoms. The van der Waals surface area contributed by atoms with Crippen LogP contribution >= 0.6 is 11.3 Å². The van der Waals surface area contributed by atoms with Crippen molar-refractivity contribution in [2.24, 2.45) is 0 Å². The van der Waals surface area contributed by atoms with Crippen molar-refractivity contribution < 1.29 is 14.3 Å². The molecule has 1 unspecified atom stereocenters. The highest BCUT2D eigenvalue weighted by Gasteiger charge is 2.26. The highest BCUT2D eigenvalue weighted by molar-refractivity contribution is 7.19. The molecule has 1 N–H and O–H groups in total. The van der Waals surface area contributed by atoms with E-state index in [0.29, 0.717) is 33.6 Å². The maximum absolute atomic E-state index is 13.3. The van der Waals surface area contributed by atoms with Crippen molar-refractivity contribution in [2.75, 3.05) is 0 Å². The standard InChI is InChI=1S/C19H19FN2O3S/c1-4-13(19(24)25)22-14(5-2)21-17-16(18(22)23)15(10(3)26-17)11-6-8-12(20)9-7-11/h6-9,13H,4-5H2,1-3H3,(H,24,25). The van der Waals surface area contributed by atoms with E-state index in [-0.39, 0.29) is 17.8 Å². The number of aryl methyl sites for hydroxylation is 2. The number of thiophene rings is 1. The summed E-state index contributed by atoms with van der Waals surface area (Å²) in [4.78, 5) is 31.0. The van der Waals surface area contributed by atoms with Gasteiger partial charge in [-0.2, -0.15) is 0 Å². The van der Waals surface area contributed by atoms with E-state index in [1.54, 1.807) is 19.1 Å². The summed E-state index contributed by atoms with van der Waals surface area (Å²) in [6.07, 6.45) is 0.738. The molecule has 0 bridgehead atoms. The van der Waals surface area contributed by atoms with E-state index in [1.807, 2.05) is 13.8 Å². The molecule has 0 aliphatic heterocycles. The molecular weight excluding hydrogens is 355 g/mol. The lowest BCUT2D eigenvalue weighted by molar-refractivity contribution is -0.141. The third kappa shape index (κ3) is 2.92. The molecule has 1 atom stereocenters. The summed E-state index contributed by atoms with van der Waals surface area (Å²) < 4.78 is 14.6. The Morgan fingerprint density at radius 3 is 2.50 bits per heavy atom. The fraction of sp³-hybridized carbons (Fsp3) is 0.316. The normalized spacial score (nSPS) is 12.5. The Morgan fingerprint density at radius 1 is 1.31 bits per heavy atom. The van der Waals surface area contributed by atoms with Crippen molar-refractivity contribution >= 4 is 27.5 Å². The minimum Gasteiger partial charge on any atom is -0.480 e. The summed E-state index contributed by atoms with van der Waals surface area (Å²) in [6.45, 7) is 5.46. The first kappa shape index (κ1) is 18.3. The number of carbonyl (C=O) groups is 1. The third-order valence-corrected chi connectivity index (χ3v) is 5.44. The Bertz CT molecular complexity index is 1040. The molecule has 3 rings (SSSR count). The van der Waals surface area contributed by atoms with Crippen LogP contribution in [0, 0.1) is 12.7 Å². The molecule has 2 heterocycles. The number of benzene rings is 1. The van der Waals surface area contributed by atoms with Crippen LogP contribution in [0.1, 0.15) is 37.0 Å². The van der Waals surface area contributed by atoms with Crippen molar-refractivity contribution in [2.45, 2.75) is 39.7 Å². The molecule has 1 aromatic carbocycles. The summed E-state index contributed by atoms with van der Waals surface area (Å²) >= 11 is 1.39. The van der Waals surface area contributed by atoms with Gasteiger partial charge in [-0.3, -0.25) is 9.36 Å². The zero-order chi connectivity index (χ0) is 19.0. The number of nitrogens with zero attached hydrogens (tertiary/aromatic N) is 2. The van der Waals surface area contributed by atoms with Gasteiger partial charge >= 0.3 is 5.97 Å². The van der Waals surface area contributed by atoms with E-state index in [9.17, 15) is 19.1 Å². The zero-order valence-corrected chi connectivity index (χ0v) is 15.6. The van der Waals surface area contributed by atoms with E-state index in [1.165, 1.54) is 28.0 Å². The predicted octanol–water partition coefficient (Wildman–Crippen LogP) is 4.17. The van der Waals surface area contributed by atoms with Gasteiger partial charge in [0.1, 0.15) is 22.5 Å². The van der Waals surface area contributed by atoms with E-state index in [0.717, 1.165) is 4.88 Å². The predicted molar refractivity (Wildman–Crippen MR) is 100 cm³/mol. The average molecular weight is 374 g/mol. The average Bonchev–Trinajstić information content (AvgIpc) is 2.94. The molecule has 0 aliphatic carbocycles. The molecule has 0 fully saturated rings. The largest absolute Gasteiger partial charge is 0.480 e. The molecule has 0 saturated heterocycles. The Labute approximate surface area is 153 Å².